The maximum atomic E-state index is 10.3. The molecule has 3 aromatic rings. The Morgan fingerprint density at radius 2 is 2.05 bits per heavy atom. The van der Waals surface area contributed by atoms with Crippen molar-refractivity contribution in [3.63, 3.8) is 0 Å². The van der Waals surface area contributed by atoms with Crippen LogP contribution in [0.3, 0.4) is 0 Å². The molecule has 0 bridgehead atoms. The summed E-state index contributed by atoms with van der Waals surface area (Å²) < 4.78 is 1.98. The van der Waals surface area contributed by atoms with E-state index < -0.39 is 0 Å². The summed E-state index contributed by atoms with van der Waals surface area (Å²) in [6, 6.07) is 11.4. The lowest BCUT2D eigenvalue weighted by molar-refractivity contribution is 0.394. The van der Waals surface area contributed by atoms with Crippen molar-refractivity contribution in [1.82, 2.24) is 19.9 Å². The predicted molar refractivity (Wildman–Crippen MR) is 85.1 cm³/mol. The zero-order chi connectivity index (χ0) is 14.9. The van der Waals surface area contributed by atoms with Crippen molar-refractivity contribution in [3.05, 3.63) is 48.4 Å². The summed E-state index contributed by atoms with van der Waals surface area (Å²) in [6.45, 7) is 1.00. The van der Waals surface area contributed by atoms with Crippen LogP contribution in [0.5, 0.6) is 5.75 Å². The van der Waals surface area contributed by atoms with Gasteiger partial charge in [0, 0.05) is 6.20 Å². The monoisotopic (exact) mass is 294 g/mol. The highest BCUT2D eigenvalue weighted by atomic mass is 16.3. The third-order valence-electron chi connectivity index (χ3n) is 4.19. The molecule has 1 aromatic carbocycles. The molecule has 0 amide bonds. The third kappa shape index (κ3) is 2.14. The first-order chi connectivity index (χ1) is 10.8. The van der Waals surface area contributed by atoms with Gasteiger partial charge in [-0.05, 0) is 43.7 Å². The third-order valence-corrected chi connectivity index (χ3v) is 4.19. The summed E-state index contributed by atoms with van der Waals surface area (Å²) in [6.07, 6.45) is 5.20. The van der Waals surface area contributed by atoms with Gasteiger partial charge in [0.05, 0.1) is 11.7 Å². The number of hydrogen-bond acceptors (Lipinski definition) is 4. The van der Waals surface area contributed by atoms with Crippen molar-refractivity contribution in [1.29, 1.82) is 0 Å². The van der Waals surface area contributed by atoms with Crippen molar-refractivity contribution in [2.24, 2.45) is 0 Å². The van der Waals surface area contributed by atoms with E-state index in [1.54, 1.807) is 12.3 Å². The molecule has 1 aliphatic heterocycles. The van der Waals surface area contributed by atoms with Crippen LogP contribution in [0, 0.1) is 0 Å². The van der Waals surface area contributed by atoms with Crippen molar-refractivity contribution < 1.29 is 5.11 Å². The van der Waals surface area contributed by atoms with E-state index >= 15 is 0 Å². The Balaban J connectivity index is 1.96. The molecule has 1 aliphatic rings. The largest absolute Gasteiger partial charge is 0.506 e. The average molecular weight is 294 g/mol. The first kappa shape index (κ1) is 13.3. The summed E-state index contributed by atoms with van der Waals surface area (Å²) in [5.74, 6) is 1.17. The number of para-hydroxylation sites is 2. The van der Waals surface area contributed by atoms with E-state index in [9.17, 15) is 5.11 Å². The summed E-state index contributed by atoms with van der Waals surface area (Å²) in [5.41, 5.74) is 2.37. The fourth-order valence-electron chi connectivity index (χ4n) is 3.13. The number of benzene rings is 1. The molecule has 0 spiro atoms. The number of fused-ring (bicyclic) bond motifs is 1. The maximum absolute atomic E-state index is 10.3. The predicted octanol–water partition coefficient (Wildman–Crippen LogP) is 2.94. The van der Waals surface area contributed by atoms with Crippen LogP contribution in [-0.2, 0) is 0 Å². The molecule has 0 radical (unpaired) electrons. The number of nitrogens with one attached hydrogen (secondary N) is 1. The highest BCUT2D eigenvalue weighted by Crippen LogP contribution is 2.31. The molecule has 0 aliphatic carbocycles. The Bertz CT molecular complexity index is 805. The standard InChI is InChI=1S/C17H18N4O/c22-15-9-2-1-8-14(15)21-16-13(7-5-11-19-16)20-17(21)12-6-3-4-10-18-12/h1-2,5,7-9,11-12,18,22H,3-4,6,10H2. The first-order valence-corrected chi connectivity index (χ1v) is 7.70. The van der Waals surface area contributed by atoms with Gasteiger partial charge in [-0.3, -0.25) is 4.57 Å². The molecular formula is C17H18N4O. The smallest absolute Gasteiger partial charge is 0.164 e. The van der Waals surface area contributed by atoms with Crippen LogP contribution in [0.4, 0.5) is 0 Å². The van der Waals surface area contributed by atoms with Gasteiger partial charge in [0.25, 0.3) is 0 Å². The molecule has 0 saturated carbocycles. The number of imidazole rings is 1. The molecule has 5 nitrogen and oxygen atoms in total. The minimum Gasteiger partial charge on any atom is -0.506 e. The molecule has 1 atom stereocenters. The van der Waals surface area contributed by atoms with Gasteiger partial charge in [-0.15, -0.1) is 0 Å². The van der Waals surface area contributed by atoms with E-state index in [0.29, 0.717) is 0 Å². The number of piperidine rings is 1. The van der Waals surface area contributed by atoms with Crippen molar-refractivity contribution >= 4 is 11.2 Å². The summed E-state index contributed by atoms with van der Waals surface area (Å²) in [4.78, 5) is 9.26. The van der Waals surface area contributed by atoms with Gasteiger partial charge < -0.3 is 10.4 Å². The minimum absolute atomic E-state index is 0.197. The van der Waals surface area contributed by atoms with Crippen LogP contribution in [0.25, 0.3) is 16.9 Å². The lowest BCUT2D eigenvalue weighted by atomic mass is 10.0. The van der Waals surface area contributed by atoms with Gasteiger partial charge in [0.1, 0.15) is 17.1 Å². The van der Waals surface area contributed by atoms with E-state index in [0.717, 1.165) is 35.6 Å². The maximum Gasteiger partial charge on any atom is 0.164 e. The van der Waals surface area contributed by atoms with Gasteiger partial charge >= 0.3 is 0 Å². The van der Waals surface area contributed by atoms with E-state index in [2.05, 4.69) is 10.3 Å². The molecule has 2 N–H and O–H groups in total. The average Bonchev–Trinajstić information content (AvgIpc) is 2.95. The number of nitrogens with zero attached hydrogens (tertiary/aromatic N) is 3. The van der Waals surface area contributed by atoms with E-state index in [1.807, 2.05) is 34.9 Å². The van der Waals surface area contributed by atoms with Crippen LogP contribution in [0.15, 0.2) is 42.6 Å². The van der Waals surface area contributed by atoms with Crippen molar-refractivity contribution in [3.8, 4) is 11.4 Å². The Hall–Kier alpha value is -2.40. The highest BCUT2D eigenvalue weighted by molar-refractivity contribution is 5.75. The van der Waals surface area contributed by atoms with Crippen LogP contribution >= 0.6 is 0 Å². The molecule has 4 rings (SSSR count). The van der Waals surface area contributed by atoms with Gasteiger partial charge in [-0.25, -0.2) is 9.97 Å². The second kappa shape index (κ2) is 5.42. The highest BCUT2D eigenvalue weighted by Gasteiger charge is 2.24. The first-order valence-electron chi connectivity index (χ1n) is 7.70. The topological polar surface area (TPSA) is 63.0 Å². The lowest BCUT2D eigenvalue weighted by Gasteiger charge is -2.24. The number of aromatic nitrogens is 3. The second-order valence-electron chi connectivity index (χ2n) is 5.64. The Morgan fingerprint density at radius 1 is 1.14 bits per heavy atom. The SMILES string of the molecule is Oc1ccccc1-n1c(C2CCCCN2)nc2cccnc21. The fraction of sp³-hybridized carbons (Fsp3) is 0.294. The number of aromatic hydroxyl groups is 1. The van der Waals surface area contributed by atoms with Crippen molar-refractivity contribution in [2.45, 2.75) is 25.3 Å². The quantitative estimate of drug-likeness (QED) is 0.763. The van der Waals surface area contributed by atoms with E-state index in [1.165, 1.54) is 12.8 Å². The van der Waals surface area contributed by atoms with E-state index in [4.69, 9.17) is 4.98 Å². The second-order valence-corrected chi connectivity index (χ2v) is 5.64. The molecule has 22 heavy (non-hydrogen) atoms. The molecular weight excluding hydrogens is 276 g/mol. The molecule has 1 unspecified atom stereocenters. The summed E-state index contributed by atoms with van der Waals surface area (Å²) in [7, 11) is 0. The number of phenols is 1. The van der Waals surface area contributed by atoms with E-state index in [-0.39, 0.29) is 11.8 Å². The van der Waals surface area contributed by atoms with Gasteiger partial charge in [-0.2, -0.15) is 0 Å². The molecule has 2 aromatic heterocycles. The number of hydrogen-bond donors (Lipinski definition) is 2. The summed E-state index contributed by atoms with van der Waals surface area (Å²) in [5, 5.41) is 13.8. The Kier molecular flexibility index (Phi) is 3.27. The molecule has 5 heteroatoms. The fourth-order valence-corrected chi connectivity index (χ4v) is 3.13. The normalized spacial score (nSPS) is 18.6. The van der Waals surface area contributed by atoms with Crippen LogP contribution in [0.1, 0.15) is 31.1 Å². The minimum atomic E-state index is 0.197. The molecule has 1 saturated heterocycles. The lowest BCUT2D eigenvalue weighted by Crippen LogP contribution is -2.29. The Morgan fingerprint density at radius 3 is 2.86 bits per heavy atom. The van der Waals surface area contributed by atoms with Crippen LogP contribution in [-0.4, -0.2) is 26.2 Å². The van der Waals surface area contributed by atoms with Crippen molar-refractivity contribution in [2.75, 3.05) is 6.54 Å². The van der Waals surface area contributed by atoms with Gasteiger partial charge in [0.15, 0.2) is 5.65 Å². The van der Waals surface area contributed by atoms with Gasteiger partial charge in [-0.1, -0.05) is 18.6 Å². The number of pyridine rings is 1. The van der Waals surface area contributed by atoms with Crippen LogP contribution in [0.2, 0.25) is 0 Å². The zero-order valence-corrected chi connectivity index (χ0v) is 12.2. The van der Waals surface area contributed by atoms with Gasteiger partial charge in [0.2, 0.25) is 0 Å². The molecule has 112 valence electrons. The molecule has 3 heterocycles. The van der Waals surface area contributed by atoms with Crippen LogP contribution < -0.4 is 5.32 Å². The zero-order valence-electron chi connectivity index (χ0n) is 12.2. The molecule has 1 fully saturated rings. The number of rotatable bonds is 2. The summed E-state index contributed by atoms with van der Waals surface area (Å²) >= 11 is 0. The Labute approximate surface area is 128 Å². The number of phenolic OH excluding ortho intramolecular Hbond substituents is 1.